The van der Waals surface area contributed by atoms with E-state index in [1.54, 1.807) is 0 Å². The Balaban J connectivity index is 4.26. The normalized spacial score (nSPS) is 11.7. The highest BCUT2D eigenvalue weighted by Gasteiger charge is 2.25. The summed E-state index contributed by atoms with van der Waals surface area (Å²) in [6.45, 7) is 2.21. The molecule has 0 radical (unpaired) electrons. The summed E-state index contributed by atoms with van der Waals surface area (Å²) in [6, 6.07) is 0. The van der Waals surface area contributed by atoms with Crippen LogP contribution in [0.5, 0.6) is 0 Å². The zero-order valence-corrected chi connectivity index (χ0v) is 6.60. The van der Waals surface area contributed by atoms with E-state index in [1.807, 2.05) is 0 Å². The topological polar surface area (TPSA) is 101 Å². The third kappa shape index (κ3) is 4.02. The first-order valence-electron chi connectivity index (χ1n) is 3.21. The van der Waals surface area contributed by atoms with Crippen molar-refractivity contribution in [2.45, 2.75) is 6.10 Å². The largest absolute Gasteiger partial charge is 0.480 e. The molecule has 0 aliphatic rings. The molecule has 1 unspecified atom stereocenters. The lowest BCUT2D eigenvalue weighted by Crippen LogP contribution is -2.33. The molecule has 0 saturated heterocycles. The van der Waals surface area contributed by atoms with E-state index in [4.69, 9.17) is 10.2 Å². The van der Waals surface area contributed by atoms with Crippen LogP contribution in [0.25, 0.3) is 0 Å². The maximum atomic E-state index is 10.7. The molecule has 0 aromatic rings. The van der Waals surface area contributed by atoms with Crippen LogP contribution in [0.2, 0.25) is 0 Å². The Bertz CT molecular complexity index is 243. The van der Waals surface area contributed by atoms with Crippen LogP contribution >= 0.6 is 0 Å². The number of carboxylic acids is 2. The number of rotatable bonds is 6. The van der Waals surface area contributed by atoms with Gasteiger partial charge in [0.05, 0.1) is 0 Å². The van der Waals surface area contributed by atoms with E-state index in [0.717, 1.165) is 6.08 Å². The third-order valence-electron chi connectivity index (χ3n) is 1.06. The van der Waals surface area contributed by atoms with Gasteiger partial charge >= 0.3 is 11.9 Å². The van der Waals surface area contributed by atoms with Gasteiger partial charge < -0.3 is 14.9 Å². The molecule has 0 spiro atoms. The van der Waals surface area contributed by atoms with Gasteiger partial charge in [-0.05, 0) is 6.08 Å². The number of ketones is 1. The van der Waals surface area contributed by atoms with Crippen LogP contribution in [0.4, 0.5) is 0 Å². The van der Waals surface area contributed by atoms with Crippen LogP contribution < -0.4 is 0 Å². The first-order chi connectivity index (χ1) is 5.99. The molecule has 0 saturated carbocycles. The Morgan fingerprint density at radius 2 is 1.92 bits per heavy atom. The van der Waals surface area contributed by atoms with Crippen LogP contribution in [-0.2, 0) is 19.1 Å². The summed E-state index contributed by atoms with van der Waals surface area (Å²) >= 11 is 0. The second kappa shape index (κ2) is 5.04. The third-order valence-corrected chi connectivity index (χ3v) is 1.06. The van der Waals surface area contributed by atoms with E-state index in [2.05, 4.69) is 11.3 Å². The van der Waals surface area contributed by atoms with Crippen LogP contribution in [-0.4, -0.2) is 40.6 Å². The van der Waals surface area contributed by atoms with E-state index < -0.39 is 30.4 Å². The first kappa shape index (κ1) is 11.3. The average molecular weight is 188 g/mol. The van der Waals surface area contributed by atoms with Gasteiger partial charge in [0.15, 0.2) is 5.78 Å². The van der Waals surface area contributed by atoms with Crippen molar-refractivity contribution in [2.24, 2.45) is 0 Å². The Morgan fingerprint density at radius 3 is 2.23 bits per heavy atom. The van der Waals surface area contributed by atoms with Crippen molar-refractivity contribution in [3.8, 4) is 0 Å². The number of hydrogen-bond donors (Lipinski definition) is 2. The van der Waals surface area contributed by atoms with E-state index in [0.29, 0.717) is 0 Å². The minimum Gasteiger partial charge on any atom is -0.480 e. The van der Waals surface area contributed by atoms with E-state index in [-0.39, 0.29) is 0 Å². The quantitative estimate of drug-likeness (QED) is 0.422. The van der Waals surface area contributed by atoms with Crippen molar-refractivity contribution in [2.75, 3.05) is 6.61 Å². The molecule has 72 valence electrons. The number of hydrogen-bond acceptors (Lipinski definition) is 4. The van der Waals surface area contributed by atoms with Crippen LogP contribution in [0.15, 0.2) is 12.7 Å². The molecular weight excluding hydrogens is 180 g/mol. The molecule has 2 N–H and O–H groups in total. The highest BCUT2D eigenvalue weighted by atomic mass is 16.5. The predicted molar refractivity (Wildman–Crippen MR) is 40.2 cm³/mol. The van der Waals surface area contributed by atoms with E-state index in [9.17, 15) is 14.4 Å². The van der Waals surface area contributed by atoms with Crippen molar-refractivity contribution < 1.29 is 29.3 Å². The number of carbonyl (C=O) groups is 3. The molecule has 0 aromatic carbocycles. The lowest BCUT2D eigenvalue weighted by molar-refractivity contribution is -0.159. The summed E-state index contributed by atoms with van der Waals surface area (Å²) in [4.78, 5) is 31.1. The highest BCUT2D eigenvalue weighted by molar-refractivity contribution is 6.06. The van der Waals surface area contributed by atoms with Crippen LogP contribution in [0.1, 0.15) is 0 Å². The van der Waals surface area contributed by atoms with Crippen LogP contribution in [0, 0.1) is 0 Å². The Labute approximate surface area is 73.4 Å². The summed E-state index contributed by atoms with van der Waals surface area (Å²) in [5, 5.41) is 16.5. The minimum atomic E-state index is -1.78. The highest BCUT2D eigenvalue weighted by Crippen LogP contribution is 1.95. The number of aliphatic carboxylic acids is 2. The minimum absolute atomic E-state index is 0.765. The molecule has 0 aromatic heterocycles. The van der Waals surface area contributed by atoms with Gasteiger partial charge in [-0.1, -0.05) is 6.58 Å². The summed E-state index contributed by atoms with van der Waals surface area (Å²) in [5.74, 6) is -3.76. The van der Waals surface area contributed by atoms with Crippen molar-refractivity contribution in [3.05, 3.63) is 12.7 Å². The van der Waals surface area contributed by atoms with Gasteiger partial charge in [0.1, 0.15) is 6.61 Å². The molecule has 0 fully saturated rings. The average Bonchev–Trinajstić information content (AvgIpc) is 2.03. The maximum absolute atomic E-state index is 10.7. The summed E-state index contributed by atoms with van der Waals surface area (Å²) in [5.41, 5.74) is 0. The SMILES string of the molecule is C=CC(=O)C(OCC(=O)O)C(=O)O. The van der Waals surface area contributed by atoms with E-state index in [1.165, 1.54) is 0 Å². The molecule has 0 aliphatic heterocycles. The van der Waals surface area contributed by atoms with Gasteiger partial charge in [-0.25, -0.2) is 9.59 Å². The molecule has 0 heterocycles. The van der Waals surface area contributed by atoms with Gasteiger partial charge in [0.2, 0.25) is 6.10 Å². The predicted octanol–water partition coefficient (Wildman–Crippen LogP) is -0.704. The molecule has 1 atom stereocenters. The molecule has 6 heteroatoms. The zero-order chi connectivity index (χ0) is 10.4. The fourth-order valence-corrected chi connectivity index (χ4v) is 0.537. The maximum Gasteiger partial charge on any atom is 0.341 e. The van der Waals surface area contributed by atoms with Gasteiger partial charge in [0, 0.05) is 0 Å². The molecule has 13 heavy (non-hydrogen) atoms. The molecular formula is C7H8O6. The van der Waals surface area contributed by atoms with Crippen molar-refractivity contribution >= 4 is 17.7 Å². The van der Waals surface area contributed by atoms with Crippen molar-refractivity contribution in [1.82, 2.24) is 0 Å². The second-order valence-electron chi connectivity index (χ2n) is 2.03. The van der Waals surface area contributed by atoms with Gasteiger partial charge in [-0.2, -0.15) is 0 Å². The van der Waals surface area contributed by atoms with Gasteiger partial charge in [0.25, 0.3) is 0 Å². The van der Waals surface area contributed by atoms with Crippen molar-refractivity contribution in [3.63, 3.8) is 0 Å². The second-order valence-corrected chi connectivity index (χ2v) is 2.03. The Hall–Kier alpha value is -1.69. The lowest BCUT2D eigenvalue weighted by Gasteiger charge is -2.07. The van der Waals surface area contributed by atoms with Crippen molar-refractivity contribution in [1.29, 1.82) is 0 Å². The van der Waals surface area contributed by atoms with Crippen LogP contribution in [0.3, 0.4) is 0 Å². The fourth-order valence-electron chi connectivity index (χ4n) is 0.537. The molecule has 0 rings (SSSR count). The molecule has 0 bridgehead atoms. The van der Waals surface area contributed by atoms with Gasteiger partial charge in [-0.3, -0.25) is 4.79 Å². The van der Waals surface area contributed by atoms with Gasteiger partial charge in [-0.15, -0.1) is 0 Å². The summed E-state index contributed by atoms with van der Waals surface area (Å²) in [6.07, 6.45) is -1.02. The summed E-state index contributed by atoms with van der Waals surface area (Å²) < 4.78 is 4.30. The molecule has 0 amide bonds. The molecule has 6 nitrogen and oxygen atoms in total. The monoisotopic (exact) mass is 188 g/mol. The fraction of sp³-hybridized carbons (Fsp3) is 0.286. The summed E-state index contributed by atoms with van der Waals surface area (Å²) in [7, 11) is 0. The number of carboxylic acid groups (broad SMARTS) is 2. The smallest absolute Gasteiger partial charge is 0.341 e. The zero-order valence-electron chi connectivity index (χ0n) is 6.60. The lowest BCUT2D eigenvalue weighted by atomic mass is 10.2. The number of carbonyl (C=O) groups excluding carboxylic acids is 1. The van der Waals surface area contributed by atoms with E-state index >= 15 is 0 Å². The Morgan fingerprint density at radius 1 is 1.38 bits per heavy atom. The Kier molecular flexibility index (Phi) is 4.39. The first-order valence-corrected chi connectivity index (χ1v) is 3.21. The molecule has 0 aliphatic carbocycles. The standard InChI is InChI=1S/C7H8O6/c1-2-4(8)6(7(11)12)13-3-5(9)10/h2,6H,1,3H2,(H,9,10)(H,11,12). The number of ether oxygens (including phenoxy) is 1.